The van der Waals surface area contributed by atoms with Gasteiger partial charge in [-0.1, -0.05) is 18.2 Å². The highest BCUT2D eigenvalue weighted by atomic mass is 19.3. The van der Waals surface area contributed by atoms with Crippen LogP contribution >= 0.6 is 0 Å². The Morgan fingerprint density at radius 3 is 2.58 bits per heavy atom. The molecule has 0 aromatic heterocycles. The Morgan fingerprint density at radius 2 is 2.05 bits per heavy atom. The van der Waals surface area contributed by atoms with Gasteiger partial charge in [0.15, 0.2) is 0 Å². The van der Waals surface area contributed by atoms with E-state index in [1.54, 1.807) is 25.1 Å². The van der Waals surface area contributed by atoms with Crippen LogP contribution in [0, 0.1) is 6.92 Å². The summed E-state index contributed by atoms with van der Waals surface area (Å²) in [7, 11) is 0. The number of alkyl halides is 2. The van der Waals surface area contributed by atoms with Crippen molar-refractivity contribution in [3.05, 3.63) is 35.4 Å². The van der Waals surface area contributed by atoms with Gasteiger partial charge in [0.1, 0.15) is 0 Å². The summed E-state index contributed by atoms with van der Waals surface area (Å²) < 4.78 is 26.7. The van der Waals surface area contributed by atoms with Crippen molar-refractivity contribution in [1.82, 2.24) is 4.90 Å². The van der Waals surface area contributed by atoms with Crippen LogP contribution in [-0.2, 0) is 4.79 Å². The van der Waals surface area contributed by atoms with Crippen LogP contribution in [0.3, 0.4) is 0 Å². The first-order valence-corrected chi connectivity index (χ1v) is 5.72. The van der Waals surface area contributed by atoms with E-state index in [-0.39, 0.29) is 12.0 Å². The largest absolute Gasteiger partial charge is 0.396 e. The zero-order valence-electron chi connectivity index (χ0n) is 10.5. The minimum absolute atomic E-state index is 0.0834. The molecule has 2 amide bonds. The molecule has 0 aliphatic carbocycles. The van der Waals surface area contributed by atoms with E-state index in [1.807, 2.05) is 0 Å². The molecule has 19 heavy (non-hydrogen) atoms. The third-order valence-corrected chi connectivity index (χ3v) is 2.64. The van der Waals surface area contributed by atoms with Crippen LogP contribution in [0.15, 0.2) is 24.3 Å². The molecular weight excluding hydrogens is 256 g/mol. The predicted molar refractivity (Wildman–Crippen MR) is 64.9 cm³/mol. The molecule has 1 rings (SSSR count). The Labute approximate surface area is 109 Å². The van der Waals surface area contributed by atoms with E-state index in [0.717, 1.165) is 0 Å². The molecule has 1 aromatic carbocycles. The van der Waals surface area contributed by atoms with Crippen LogP contribution in [0.4, 0.5) is 8.78 Å². The van der Waals surface area contributed by atoms with Crippen molar-refractivity contribution >= 4 is 12.3 Å². The molecule has 0 saturated carbocycles. The number of rotatable bonds is 6. The van der Waals surface area contributed by atoms with Gasteiger partial charge in [-0.3, -0.25) is 14.5 Å². The lowest BCUT2D eigenvalue weighted by molar-refractivity contribution is -0.121. The standard InChI is InChI=1S/C13H15F2NO3/c1-10-4-2-3-5-11(10)12(19)16(9-18)8-13(14,15)6-7-17/h2-5,9,17H,6-8H2,1H3. The van der Waals surface area contributed by atoms with Crippen LogP contribution in [0.2, 0.25) is 0 Å². The fourth-order valence-corrected chi connectivity index (χ4v) is 1.62. The monoisotopic (exact) mass is 271 g/mol. The zero-order valence-corrected chi connectivity index (χ0v) is 10.5. The highest BCUT2D eigenvalue weighted by molar-refractivity contribution is 6.00. The lowest BCUT2D eigenvalue weighted by atomic mass is 10.1. The van der Waals surface area contributed by atoms with Gasteiger partial charge in [-0.05, 0) is 18.6 Å². The summed E-state index contributed by atoms with van der Waals surface area (Å²) in [5, 5.41) is 8.52. The Morgan fingerprint density at radius 1 is 1.42 bits per heavy atom. The van der Waals surface area contributed by atoms with Crippen molar-refractivity contribution in [2.45, 2.75) is 19.3 Å². The zero-order chi connectivity index (χ0) is 14.5. The molecule has 0 bridgehead atoms. The Kier molecular flexibility index (Phi) is 5.11. The summed E-state index contributed by atoms with van der Waals surface area (Å²) in [6.45, 7) is -0.0927. The Balaban J connectivity index is 2.89. The SMILES string of the molecule is Cc1ccccc1C(=O)N(C=O)CC(F)(F)CCO. The molecule has 6 heteroatoms. The molecule has 0 aliphatic heterocycles. The lowest BCUT2D eigenvalue weighted by Gasteiger charge is -2.22. The molecule has 0 radical (unpaired) electrons. The van der Waals surface area contributed by atoms with Gasteiger partial charge >= 0.3 is 0 Å². The third kappa shape index (κ3) is 4.10. The van der Waals surface area contributed by atoms with E-state index in [4.69, 9.17) is 5.11 Å². The van der Waals surface area contributed by atoms with Crippen molar-refractivity contribution in [3.8, 4) is 0 Å². The quantitative estimate of drug-likeness (QED) is 0.800. The van der Waals surface area contributed by atoms with Gasteiger partial charge in [-0.15, -0.1) is 0 Å². The molecule has 0 unspecified atom stereocenters. The predicted octanol–water partition coefficient (Wildman–Crippen LogP) is 1.61. The fraction of sp³-hybridized carbons (Fsp3) is 0.385. The van der Waals surface area contributed by atoms with Crippen LogP contribution in [-0.4, -0.2) is 41.4 Å². The maximum atomic E-state index is 13.3. The second-order valence-electron chi connectivity index (χ2n) is 4.18. The fourth-order valence-electron chi connectivity index (χ4n) is 1.62. The van der Waals surface area contributed by atoms with E-state index in [1.165, 1.54) is 6.07 Å². The molecular formula is C13H15F2NO3. The van der Waals surface area contributed by atoms with E-state index >= 15 is 0 Å². The van der Waals surface area contributed by atoms with Gasteiger partial charge in [-0.25, -0.2) is 8.78 Å². The first-order chi connectivity index (χ1) is 8.91. The number of aliphatic hydroxyl groups is 1. The van der Waals surface area contributed by atoms with Gasteiger partial charge in [0.05, 0.1) is 6.54 Å². The molecule has 0 aliphatic rings. The van der Waals surface area contributed by atoms with E-state index in [2.05, 4.69) is 0 Å². The number of aryl methyl sites for hydroxylation is 1. The Bertz CT molecular complexity index is 463. The number of carbonyl (C=O) groups is 2. The van der Waals surface area contributed by atoms with Crippen LogP contribution in [0.5, 0.6) is 0 Å². The van der Waals surface area contributed by atoms with Crippen LogP contribution in [0.25, 0.3) is 0 Å². The summed E-state index contributed by atoms with van der Waals surface area (Å²) >= 11 is 0. The molecule has 1 aromatic rings. The molecule has 0 spiro atoms. The highest BCUT2D eigenvalue weighted by Gasteiger charge is 2.33. The molecule has 0 atom stereocenters. The van der Waals surface area contributed by atoms with Crippen LogP contribution < -0.4 is 0 Å². The molecule has 4 nitrogen and oxygen atoms in total. The van der Waals surface area contributed by atoms with Crippen molar-refractivity contribution < 1.29 is 23.5 Å². The second-order valence-corrected chi connectivity index (χ2v) is 4.18. The molecule has 1 N–H and O–H groups in total. The van der Waals surface area contributed by atoms with E-state index in [9.17, 15) is 18.4 Å². The molecule has 0 saturated heterocycles. The highest BCUT2D eigenvalue weighted by Crippen LogP contribution is 2.20. The maximum absolute atomic E-state index is 13.3. The second kappa shape index (κ2) is 6.38. The van der Waals surface area contributed by atoms with Crippen molar-refractivity contribution in [1.29, 1.82) is 0 Å². The number of imide groups is 1. The average molecular weight is 271 g/mol. The topological polar surface area (TPSA) is 57.6 Å². The normalized spacial score (nSPS) is 11.2. The van der Waals surface area contributed by atoms with Crippen molar-refractivity contribution in [3.63, 3.8) is 0 Å². The first-order valence-electron chi connectivity index (χ1n) is 5.72. The van der Waals surface area contributed by atoms with E-state index < -0.39 is 31.4 Å². The van der Waals surface area contributed by atoms with Gasteiger partial charge in [-0.2, -0.15) is 0 Å². The van der Waals surface area contributed by atoms with Crippen LogP contribution in [0.1, 0.15) is 22.3 Å². The van der Waals surface area contributed by atoms with Gasteiger partial charge in [0, 0.05) is 18.6 Å². The number of halogens is 2. The average Bonchev–Trinajstić information content (AvgIpc) is 2.35. The number of aliphatic hydroxyl groups excluding tert-OH is 1. The smallest absolute Gasteiger partial charge is 0.268 e. The van der Waals surface area contributed by atoms with Gasteiger partial charge in [0.25, 0.3) is 11.8 Å². The minimum Gasteiger partial charge on any atom is -0.396 e. The molecule has 0 fully saturated rings. The number of amides is 2. The molecule has 104 valence electrons. The summed E-state index contributed by atoms with van der Waals surface area (Å²) in [5.41, 5.74) is 0.805. The maximum Gasteiger partial charge on any atom is 0.268 e. The van der Waals surface area contributed by atoms with Crippen molar-refractivity contribution in [2.75, 3.05) is 13.2 Å². The number of carbonyl (C=O) groups excluding carboxylic acids is 2. The summed E-state index contributed by atoms with van der Waals surface area (Å²) in [5.74, 6) is -4.07. The number of nitrogens with zero attached hydrogens (tertiary/aromatic N) is 1. The Hall–Kier alpha value is -1.82. The third-order valence-electron chi connectivity index (χ3n) is 2.64. The van der Waals surface area contributed by atoms with Crippen molar-refractivity contribution in [2.24, 2.45) is 0 Å². The number of benzene rings is 1. The lowest BCUT2D eigenvalue weighted by Crippen LogP contribution is -2.40. The van der Waals surface area contributed by atoms with Gasteiger partial charge in [0.2, 0.25) is 6.41 Å². The minimum atomic E-state index is -3.30. The summed E-state index contributed by atoms with van der Waals surface area (Å²) in [6, 6.07) is 6.42. The number of hydrogen-bond donors (Lipinski definition) is 1. The van der Waals surface area contributed by atoms with Gasteiger partial charge < -0.3 is 5.11 Å². The summed E-state index contributed by atoms with van der Waals surface area (Å²) in [6.07, 6.45) is -0.710. The summed E-state index contributed by atoms with van der Waals surface area (Å²) in [4.78, 5) is 23.2. The van der Waals surface area contributed by atoms with E-state index in [0.29, 0.717) is 10.5 Å². The molecule has 0 heterocycles. The first kappa shape index (κ1) is 15.2. The number of hydrogen-bond acceptors (Lipinski definition) is 3.